The van der Waals surface area contributed by atoms with E-state index >= 15 is 0 Å². The Bertz CT molecular complexity index is 1770. The molecule has 11 nitrogen and oxygen atoms in total. The summed E-state index contributed by atoms with van der Waals surface area (Å²) in [5.41, 5.74) is 3.04. The molecule has 0 atom stereocenters. The molecule has 3 amide bonds. The number of hydrogen-bond acceptors (Lipinski definition) is 7. The van der Waals surface area contributed by atoms with Crippen LogP contribution in [0.4, 0.5) is 16.2 Å². The van der Waals surface area contributed by atoms with Gasteiger partial charge in [0.05, 0.1) is 12.1 Å². The van der Waals surface area contributed by atoms with Gasteiger partial charge in [0.15, 0.2) is 11.5 Å². The molecule has 0 saturated carbocycles. The number of aromatic nitrogens is 1. The lowest BCUT2D eigenvalue weighted by atomic mass is 10.1. The molecule has 11 heteroatoms. The lowest BCUT2D eigenvalue weighted by molar-refractivity contribution is 0.0976. The second-order valence-electron chi connectivity index (χ2n) is 12.0. The quantitative estimate of drug-likeness (QED) is 0.164. The first-order chi connectivity index (χ1) is 22.0. The predicted molar refractivity (Wildman–Crippen MR) is 175 cm³/mol. The van der Waals surface area contributed by atoms with E-state index in [-0.39, 0.29) is 11.8 Å². The Balaban J connectivity index is 1.17. The maximum atomic E-state index is 13.2. The van der Waals surface area contributed by atoms with Gasteiger partial charge in [-0.3, -0.25) is 9.59 Å². The summed E-state index contributed by atoms with van der Waals surface area (Å²) in [6.07, 6.45) is 0.421. The van der Waals surface area contributed by atoms with Gasteiger partial charge in [0.1, 0.15) is 13.2 Å². The Hall–Kier alpha value is -5.32. The van der Waals surface area contributed by atoms with E-state index in [1.165, 1.54) is 4.90 Å². The predicted octanol–water partition coefficient (Wildman–Crippen LogP) is 6.76. The molecule has 5 rings (SSSR count). The van der Waals surface area contributed by atoms with Crippen molar-refractivity contribution in [3.8, 4) is 17.4 Å². The lowest BCUT2D eigenvalue weighted by Crippen LogP contribution is -2.45. The first kappa shape index (κ1) is 32.1. The second-order valence-corrected chi connectivity index (χ2v) is 12.0. The molecule has 0 spiro atoms. The molecule has 0 bridgehead atoms. The van der Waals surface area contributed by atoms with Gasteiger partial charge in [0, 0.05) is 46.0 Å². The second kappa shape index (κ2) is 13.8. The third-order valence-corrected chi connectivity index (χ3v) is 7.54. The Labute approximate surface area is 267 Å². The van der Waals surface area contributed by atoms with Crippen LogP contribution in [-0.2, 0) is 0 Å². The number of carbonyl (C=O) groups excluding carboxylic acids is 2. The fourth-order valence-electron chi connectivity index (χ4n) is 5.01. The number of carbonyl (C=O) groups is 3. The number of amides is 3. The SMILES string of the molecule is Cc1ccc(NC(=O)c2ccc3c(c2)OCCO3)cc1NC(=O)c1ccc2nc(OCCCCN(C(=O)O)C(C)(C)C)ccc2c1. The Morgan fingerprint density at radius 3 is 2.35 bits per heavy atom. The van der Waals surface area contributed by atoms with Crippen LogP contribution in [0.25, 0.3) is 10.9 Å². The van der Waals surface area contributed by atoms with Crippen LogP contribution in [0.3, 0.4) is 0 Å². The molecule has 2 heterocycles. The van der Waals surface area contributed by atoms with Crippen LogP contribution >= 0.6 is 0 Å². The van der Waals surface area contributed by atoms with Crippen molar-refractivity contribution in [3.05, 3.63) is 83.4 Å². The molecule has 3 aromatic carbocycles. The number of anilines is 2. The zero-order valence-electron chi connectivity index (χ0n) is 26.4. The molecule has 46 heavy (non-hydrogen) atoms. The van der Waals surface area contributed by atoms with Gasteiger partial charge >= 0.3 is 6.09 Å². The molecular formula is C35H38N4O7. The number of pyridine rings is 1. The molecule has 1 aromatic heterocycles. The Morgan fingerprint density at radius 2 is 1.59 bits per heavy atom. The molecule has 0 fully saturated rings. The normalized spacial score (nSPS) is 12.3. The van der Waals surface area contributed by atoms with E-state index in [9.17, 15) is 19.5 Å². The van der Waals surface area contributed by atoms with E-state index in [2.05, 4.69) is 15.6 Å². The smallest absolute Gasteiger partial charge is 0.407 e. The topological polar surface area (TPSA) is 139 Å². The third-order valence-electron chi connectivity index (χ3n) is 7.54. The Kier molecular flexibility index (Phi) is 9.60. The van der Waals surface area contributed by atoms with Crippen LogP contribution in [0.5, 0.6) is 17.4 Å². The van der Waals surface area contributed by atoms with Crippen molar-refractivity contribution in [2.24, 2.45) is 0 Å². The van der Waals surface area contributed by atoms with Crippen molar-refractivity contribution >= 4 is 40.2 Å². The molecule has 0 radical (unpaired) electrons. The number of benzene rings is 3. The van der Waals surface area contributed by atoms with Crippen LogP contribution < -0.4 is 24.8 Å². The van der Waals surface area contributed by atoms with Gasteiger partial charge in [-0.2, -0.15) is 0 Å². The minimum Gasteiger partial charge on any atom is -0.486 e. The standard InChI is InChI=1S/C35H38N4O7/c1-22-7-11-26(36-32(40)25-9-13-29-30(20-25)45-18-17-44-29)21-28(22)38-33(41)24-8-12-27-23(19-24)10-14-31(37-27)46-16-6-5-15-39(34(42)43)35(2,3)4/h7-14,19-21H,5-6,15-18H2,1-4H3,(H,36,40)(H,38,41)(H,42,43). The highest BCUT2D eigenvalue weighted by molar-refractivity contribution is 6.08. The largest absolute Gasteiger partial charge is 0.486 e. The van der Waals surface area contributed by atoms with Crippen molar-refractivity contribution in [1.82, 2.24) is 9.88 Å². The summed E-state index contributed by atoms with van der Waals surface area (Å²) in [5.74, 6) is 0.987. The number of aryl methyl sites for hydroxylation is 1. The summed E-state index contributed by atoms with van der Waals surface area (Å²) in [4.78, 5) is 43.6. The van der Waals surface area contributed by atoms with Crippen molar-refractivity contribution in [3.63, 3.8) is 0 Å². The van der Waals surface area contributed by atoms with E-state index < -0.39 is 11.6 Å². The van der Waals surface area contributed by atoms with Gasteiger partial charge in [-0.25, -0.2) is 9.78 Å². The van der Waals surface area contributed by atoms with E-state index in [1.54, 1.807) is 54.6 Å². The average molecular weight is 627 g/mol. The maximum absolute atomic E-state index is 13.2. The molecular weight excluding hydrogens is 588 g/mol. The van der Waals surface area contributed by atoms with Crippen molar-refractivity contribution < 1.29 is 33.7 Å². The minimum absolute atomic E-state index is 0.300. The number of fused-ring (bicyclic) bond motifs is 2. The van der Waals surface area contributed by atoms with Crippen molar-refractivity contribution in [2.75, 3.05) is 37.0 Å². The number of hydrogen-bond donors (Lipinski definition) is 3. The molecule has 3 N–H and O–H groups in total. The fourth-order valence-corrected chi connectivity index (χ4v) is 5.01. The van der Waals surface area contributed by atoms with E-state index in [0.717, 1.165) is 10.9 Å². The average Bonchev–Trinajstić information content (AvgIpc) is 3.02. The van der Waals surface area contributed by atoms with Gasteiger partial charge in [-0.1, -0.05) is 6.07 Å². The fraction of sp³-hybridized carbons (Fsp3) is 0.314. The van der Waals surface area contributed by atoms with Crippen molar-refractivity contribution in [1.29, 1.82) is 0 Å². The monoisotopic (exact) mass is 626 g/mol. The summed E-state index contributed by atoms with van der Waals surface area (Å²) < 4.78 is 16.9. The zero-order valence-corrected chi connectivity index (χ0v) is 26.4. The van der Waals surface area contributed by atoms with E-state index in [1.807, 2.05) is 39.8 Å². The number of nitrogens with zero attached hydrogens (tertiary/aromatic N) is 2. The van der Waals surface area contributed by atoms with Gasteiger partial charge < -0.3 is 34.9 Å². The molecule has 240 valence electrons. The maximum Gasteiger partial charge on any atom is 0.407 e. The van der Waals surface area contributed by atoms with Gasteiger partial charge in [0.25, 0.3) is 11.8 Å². The molecule has 0 aliphatic carbocycles. The summed E-state index contributed by atoms with van der Waals surface area (Å²) in [5, 5.41) is 16.0. The van der Waals surface area contributed by atoms with Gasteiger partial charge in [0.2, 0.25) is 5.88 Å². The highest BCUT2D eigenvalue weighted by atomic mass is 16.6. The summed E-state index contributed by atoms with van der Waals surface area (Å²) in [6, 6.07) is 19.2. The van der Waals surface area contributed by atoms with Gasteiger partial charge in [-0.15, -0.1) is 0 Å². The summed E-state index contributed by atoms with van der Waals surface area (Å²) >= 11 is 0. The molecule has 0 saturated heterocycles. The first-order valence-electron chi connectivity index (χ1n) is 15.1. The highest BCUT2D eigenvalue weighted by Gasteiger charge is 2.25. The lowest BCUT2D eigenvalue weighted by Gasteiger charge is -2.33. The Morgan fingerprint density at radius 1 is 0.870 bits per heavy atom. The first-order valence-corrected chi connectivity index (χ1v) is 15.1. The third kappa shape index (κ3) is 7.84. The van der Waals surface area contributed by atoms with E-state index in [4.69, 9.17) is 14.2 Å². The van der Waals surface area contributed by atoms with Crippen LogP contribution in [0.1, 0.15) is 59.9 Å². The number of carboxylic acid groups (broad SMARTS) is 1. The minimum atomic E-state index is -0.932. The zero-order chi connectivity index (χ0) is 32.8. The number of rotatable bonds is 10. The molecule has 4 aromatic rings. The van der Waals surface area contributed by atoms with Crippen LogP contribution in [0.2, 0.25) is 0 Å². The molecule has 1 aliphatic heterocycles. The van der Waals surface area contributed by atoms with Crippen molar-refractivity contribution in [2.45, 2.75) is 46.1 Å². The molecule has 0 unspecified atom stereocenters. The number of unbranched alkanes of at least 4 members (excludes halogenated alkanes) is 1. The van der Waals surface area contributed by atoms with Crippen LogP contribution in [0.15, 0.2) is 66.7 Å². The number of ether oxygens (including phenoxy) is 3. The molecule has 1 aliphatic rings. The van der Waals surface area contributed by atoms with Gasteiger partial charge in [-0.05, 0) is 101 Å². The van der Waals surface area contributed by atoms with Crippen LogP contribution in [0, 0.1) is 6.92 Å². The highest BCUT2D eigenvalue weighted by Crippen LogP contribution is 2.31. The van der Waals surface area contributed by atoms with Crippen LogP contribution in [-0.4, -0.2) is 64.8 Å². The number of nitrogens with one attached hydrogen (secondary N) is 2. The summed E-state index contributed by atoms with van der Waals surface area (Å²) in [7, 11) is 0. The van der Waals surface area contributed by atoms with E-state index in [0.29, 0.717) is 84.6 Å². The summed E-state index contributed by atoms with van der Waals surface area (Å²) in [6.45, 7) is 9.23.